The zero-order valence-corrected chi connectivity index (χ0v) is 12.1. The van der Waals surface area contributed by atoms with Crippen molar-refractivity contribution in [3.05, 3.63) is 29.3 Å². The highest BCUT2D eigenvalue weighted by Crippen LogP contribution is 2.39. The summed E-state index contributed by atoms with van der Waals surface area (Å²) in [5.74, 6) is -0.0596. The molecule has 6 nitrogen and oxygen atoms in total. The molecule has 0 unspecified atom stereocenters. The van der Waals surface area contributed by atoms with Crippen molar-refractivity contribution in [1.82, 2.24) is 0 Å². The van der Waals surface area contributed by atoms with Crippen molar-refractivity contribution in [2.45, 2.75) is 18.7 Å². The van der Waals surface area contributed by atoms with Crippen LogP contribution in [0.3, 0.4) is 0 Å². The van der Waals surface area contributed by atoms with E-state index in [9.17, 15) is 18.1 Å². The minimum Gasteiger partial charge on any atom is -0.505 e. The second-order valence-corrected chi connectivity index (χ2v) is 5.89. The molecule has 0 heterocycles. The Balaban J connectivity index is 2.90. The van der Waals surface area contributed by atoms with Crippen molar-refractivity contribution in [3.63, 3.8) is 0 Å². The van der Waals surface area contributed by atoms with E-state index in [2.05, 4.69) is 10.2 Å². The lowest BCUT2D eigenvalue weighted by Crippen LogP contribution is -2.01. The van der Waals surface area contributed by atoms with Crippen LogP contribution in [0.15, 0.2) is 33.3 Å². The van der Waals surface area contributed by atoms with Gasteiger partial charge in [-0.2, -0.15) is 18.6 Å². The molecule has 0 aromatic heterocycles. The summed E-state index contributed by atoms with van der Waals surface area (Å²) in [6.07, 6.45) is 0. The van der Waals surface area contributed by atoms with E-state index in [1.165, 1.54) is 19.2 Å². The van der Waals surface area contributed by atoms with Gasteiger partial charge in [-0.05, 0) is 48.6 Å². The maximum absolute atomic E-state index is 11.3. The molecule has 0 bridgehead atoms. The highest BCUT2D eigenvalue weighted by Gasteiger charge is 2.17. The van der Waals surface area contributed by atoms with Gasteiger partial charge in [0.1, 0.15) is 5.69 Å². The average Bonchev–Trinajstić information content (AvgIpc) is 2.34. The maximum atomic E-state index is 11.3. The van der Waals surface area contributed by atoms with Crippen molar-refractivity contribution < 1.29 is 18.1 Å². The summed E-state index contributed by atoms with van der Waals surface area (Å²) in [5.41, 5.74) is 1.35. The lowest BCUT2D eigenvalue weighted by atomic mass is 10.0. The highest BCUT2D eigenvalue weighted by atomic mass is 32.2. The number of nitrogens with zero attached hydrogens (tertiary/aromatic N) is 2. The van der Waals surface area contributed by atoms with Crippen LogP contribution in [0.25, 0.3) is 10.8 Å². The van der Waals surface area contributed by atoms with Crippen LogP contribution < -0.4 is 0 Å². The Bertz CT molecular complexity index is 826. The normalized spacial score (nSPS) is 12.4. The molecule has 20 heavy (non-hydrogen) atoms. The summed E-state index contributed by atoms with van der Waals surface area (Å²) < 4.78 is 31.8. The Labute approximate surface area is 116 Å². The fourth-order valence-electron chi connectivity index (χ4n) is 2.15. The van der Waals surface area contributed by atoms with E-state index in [4.69, 9.17) is 0 Å². The summed E-state index contributed by atoms with van der Waals surface area (Å²) in [5, 5.41) is 18.7. The molecule has 0 amide bonds. The average molecular weight is 294 g/mol. The molecule has 0 spiro atoms. The monoisotopic (exact) mass is 294 g/mol. The molecule has 2 N–H and O–H groups in total. The van der Waals surface area contributed by atoms with Crippen LogP contribution in [0.5, 0.6) is 5.75 Å². The zero-order chi connectivity index (χ0) is 15.1. The van der Waals surface area contributed by atoms with Gasteiger partial charge >= 0.3 is 0 Å². The number of phenols is 1. The second-order valence-electron chi connectivity index (χ2n) is 4.50. The minimum atomic E-state index is -4.29. The number of hydrogen-bond donors (Lipinski definition) is 2. The van der Waals surface area contributed by atoms with Crippen molar-refractivity contribution in [3.8, 4) is 5.75 Å². The summed E-state index contributed by atoms with van der Waals surface area (Å²) in [6, 6.07) is 4.52. The first-order valence-electron chi connectivity index (χ1n) is 5.80. The quantitative estimate of drug-likeness (QED) is 0.656. The van der Waals surface area contributed by atoms with E-state index in [-0.39, 0.29) is 10.6 Å². The Hall–Kier alpha value is -1.99. The number of fused-ring (bicyclic) bond motifs is 1. The van der Waals surface area contributed by atoms with Gasteiger partial charge in [0.2, 0.25) is 0 Å². The van der Waals surface area contributed by atoms with Gasteiger partial charge in [-0.1, -0.05) is 0 Å². The first-order chi connectivity index (χ1) is 9.25. The Morgan fingerprint density at radius 3 is 2.30 bits per heavy atom. The van der Waals surface area contributed by atoms with Crippen LogP contribution >= 0.6 is 0 Å². The number of rotatable bonds is 2. The third-order valence-corrected chi connectivity index (χ3v) is 4.05. The summed E-state index contributed by atoms with van der Waals surface area (Å²) in [4.78, 5) is -0.173. The molecule has 0 aliphatic rings. The molecule has 0 aliphatic carbocycles. The molecule has 0 aliphatic heterocycles. The van der Waals surface area contributed by atoms with E-state index in [0.29, 0.717) is 27.6 Å². The standard InChI is InChI=1S/C13H14N2O4S/c1-7-5-10-9(6-11(7)20(17,18)19)4-8(2)12(13(10)16)15-14-3/h4-6,16H,1-3H3,(H,17,18,19). The topological polar surface area (TPSA) is 99.3 Å². The van der Waals surface area contributed by atoms with Gasteiger partial charge in [0.15, 0.2) is 5.75 Å². The van der Waals surface area contributed by atoms with Crippen LogP contribution in [-0.4, -0.2) is 25.1 Å². The van der Waals surface area contributed by atoms with E-state index in [1.807, 2.05) is 0 Å². The van der Waals surface area contributed by atoms with Gasteiger partial charge in [-0.3, -0.25) is 4.55 Å². The summed E-state index contributed by atoms with van der Waals surface area (Å²) >= 11 is 0. The van der Waals surface area contributed by atoms with Crippen LogP contribution in [0.4, 0.5) is 5.69 Å². The molecule has 2 rings (SSSR count). The van der Waals surface area contributed by atoms with Gasteiger partial charge in [0.25, 0.3) is 10.1 Å². The van der Waals surface area contributed by atoms with Crippen LogP contribution in [0.1, 0.15) is 11.1 Å². The first kappa shape index (κ1) is 14.4. The Kier molecular flexibility index (Phi) is 3.49. The number of aromatic hydroxyl groups is 1. The molecule has 0 saturated heterocycles. The highest BCUT2D eigenvalue weighted by molar-refractivity contribution is 7.85. The van der Waals surface area contributed by atoms with Crippen molar-refractivity contribution in [2.24, 2.45) is 10.2 Å². The van der Waals surface area contributed by atoms with Gasteiger partial charge in [0.05, 0.1) is 4.90 Å². The zero-order valence-electron chi connectivity index (χ0n) is 11.2. The number of phenolic OH excluding ortho intramolecular Hbond substituents is 1. The van der Waals surface area contributed by atoms with Crippen LogP contribution in [0, 0.1) is 13.8 Å². The molecule has 0 saturated carbocycles. The molecule has 0 atom stereocenters. The fourth-order valence-corrected chi connectivity index (χ4v) is 2.89. The number of benzene rings is 2. The molecular weight excluding hydrogens is 280 g/mol. The van der Waals surface area contributed by atoms with E-state index in [0.717, 1.165) is 0 Å². The third kappa shape index (κ3) is 2.37. The predicted octanol–water partition coefficient (Wildman–Crippen LogP) is 3.12. The van der Waals surface area contributed by atoms with Crippen molar-refractivity contribution in [1.29, 1.82) is 0 Å². The maximum Gasteiger partial charge on any atom is 0.294 e. The fraction of sp³-hybridized carbons (Fsp3) is 0.231. The largest absolute Gasteiger partial charge is 0.505 e. The van der Waals surface area contributed by atoms with Gasteiger partial charge in [0, 0.05) is 12.4 Å². The molecule has 7 heteroatoms. The molecule has 2 aromatic carbocycles. The Morgan fingerprint density at radius 2 is 1.75 bits per heavy atom. The summed E-state index contributed by atoms with van der Waals surface area (Å²) in [6.45, 7) is 3.28. The van der Waals surface area contributed by atoms with Crippen molar-refractivity contribution in [2.75, 3.05) is 7.05 Å². The van der Waals surface area contributed by atoms with Gasteiger partial charge in [-0.15, -0.1) is 0 Å². The van der Waals surface area contributed by atoms with E-state index < -0.39 is 10.1 Å². The third-order valence-electron chi connectivity index (χ3n) is 3.05. The van der Waals surface area contributed by atoms with Gasteiger partial charge < -0.3 is 5.11 Å². The van der Waals surface area contributed by atoms with Crippen molar-refractivity contribution >= 4 is 26.6 Å². The SMILES string of the molecule is CN=Nc1c(C)cc2cc(S(=O)(=O)O)c(C)cc2c1O. The number of aryl methyl sites for hydroxylation is 2. The molecular formula is C13H14N2O4S. The first-order valence-corrected chi connectivity index (χ1v) is 7.24. The smallest absolute Gasteiger partial charge is 0.294 e. The molecule has 0 fully saturated rings. The van der Waals surface area contributed by atoms with Crippen LogP contribution in [0.2, 0.25) is 0 Å². The van der Waals surface area contributed by atoms with Crippen LogP contribution in [-0.2, 0) is 10.1 Å². The van der Waals surface area contributed by atoms with Gasteiger partial charge in [-0.25, -0.2) is 0 Å². The minimum absolute atomic E-state index is 0.0596. The lowest BCUT2D eigenvalue weighted by Gasteiger charge is -2.10. The Morgan fingerprint density at radius 1 is 1.10 bits per heavy atom. The lowest BCUT2D eigenvalue weighted by molar-refractivity contribution is 0.480. The molecule has 106 valence electrons. The number of hydrogen-bond acceptors (Lipinski definition) is 5. The summed E-state index contributed by atoms with van der Waals surface area (Å²) in [7, 11) is -2.80. The second kappa shape index (κ2) is 4.84. The number of azo groups is 1. The predicted molar refractivity (Wildman–Crippen MR) is 75.3 cm³/mol. The van der Waals surface area contributed by atoms with E-state index >= 15 is 0 Å². The molecule has 2 aromatic rings. The molecule has 0 radical (unpaired) electrons. The van der Waals surface area contributed by atoms with E-state index in [1.54, 1.807) is 19.9 Å².